The largest absolute Gasteiger partial charge is 0.477 e. The van der Waals surface area contributed by atoms with Crippen molar-refractivity contribution in [1.82, 2.24) is 14.8 Å². The van der Waals surface area contributed by atoms with Gasteiger partial charge in [-0.05, 0) is 96.0 Å². The molecule has 2 aromatic carbocycles. The molecule has 2 aromatic heterocycles. The minimum absolute atomic E-state index is 0.112. The van der Waals surface area contributed by atoms with E-state index in [4.69, 9.17) is 13.6 Å². The van der Waals surface area contributed by atoms with Crippen LogP contribution in [0.4, 0.5) is 4.39 Å². The van der Waals surface area contributed by atoms with Crippen LogP contribution in [-0.2, 0) is 24.9 Å². The third-order valence-corrected chi connectivity index (χ3v) is 7.28. The fourth-order valence-electron chi connectivity index (χ4n) is 3.89. The number of aromatic nitrogens is 3. The highest BCUT2D eigenvalue weighted by Gasteiger charge is 2.37. The molecule has 2 heterocycles. The molecular weight excluding hydrogens is 492 g/mol. The van der Waals surface area contributed by atoms with Crippen molar-refractivity contribution in [3.63, 3.8) is 0 Å². The van der Waals surface area contributed by atoms with E-state index in [9.17, 15) is 8.96 Å². The van der Waals surface area contributed by atoms with E-state index in [1.165, 1.54) is 6.07 Å². The number of aryl methyl sites for hydroxylation is 1. The molecule has 37 heavy (non-hydrogen) atoms. The third kappa shape index (κ3) is 6.70. The summed E-state index contributed by atoms with van der Waals surface area (Å²) in [7, 11) is -3.88. The van der Waals surface area contributed by atoms with Gasteiger partial charge in [-0.25, -0.2) is 13.6 Å². The number of phosphoric acid groups is 1. The summed E-state index contributed by atoms with van der Waals surface area (Å²) in [6.45, 7) is 12.4. The number of fused-ring (bicyclic) bond motifs is 1. The van der Waals surface area contributed by atoms with E-state index >= 15 is 0 Å². The van der Waals surface area contributed by atoms with Crippen LogP contribution < -0.4 is 0 Å². The van der Waals surface area contributed by atoms with Gasteiger partial charge in [0.25, 0.3) is 0 Å². The smallest absolute Gasteiger partial charge is 0.281 e. The molecule has 0 amide bonds. The molecule has 0 aliphatic heterocycles. The molecule has 0 unspecified atom stereocenters. The summed E-state index contributed by atoms with van der Waals surface area (Å²) in [5.41, 5.74) is 3.36. The predicted molar refractivity (Wildman–Crippen MR) is 143 cm³/mol. The van der Waals surface area contributed by atoms with Crippen molar-refractivity contribution in [3.05, 3.63) is 72.3 Å². The molecule has 0 fully saturated rings. The van der Waals surface area contributed by atoms with Gasteiger partial charge in [0.2, 0.25) is 0 Å². The number of hydrogen-bond donors (Lipinski definition) is 0. The second-order valence-corrected chi connectivity index (χ2v) is 12.4. The van der Waals surface area contributed by atoms with Crippen molar-refractivity contribution in [3.8, 4) is 22.4 Å². The molecule has 0 bridgehead atoms. The Hall–Kier alpha value is -2.90. The van der Waals surface area contributed by atoms with Crippen molar-refractivity contribution in [2.24, 2.45) is 0 Å². The average molecular weight is 526 g/mol. The maximum Gasteiger partial charge on any atom is 0.477 e. The van der Waals surface area contributed by atoms with Crippen molar-refractivity contribution >= 4 is 18.7 Å². The Labute approximate surface area is 217 Å². The lowest BCUT2D eigenvalue weighted by atomic mass is 9.97. The minimum Gasteiger partial charge on any atom is -0.281 e. The summed E-state index contributed by atoms with van der Waals surface area (Å²) < 4.78 is 46.0. The third-order valence-electron chi connectivity index (χ3n) is 5.30. The number of phosphoric ester groups is 1. The Morgan fingerprint density at radius 3 is 2.27 bits per heavy atom. The maximum absolute atomic E-state index is 13.8. The van der Waals surface area contributed by atoms with E-state index in [1.807, 2.05) is 30.3 Å². The summed E-state index contributed by atoms with van der Waals surface area (Å²) in [6.07, 6.45) is 3.45. The zero-order valence-electron chi connectivity index (χ0n) is 22.3. The second-order valence-electron chi connectivity index (χ2n) is 10.9. The first-order valence-corrected chi connectivity index (χ1v) is 13.5. The van der Waals surface area contributed by atoms with E-state index in [0.717, 1.165) is 33.3 Å². The van der Waals surface area contributed by atoms with E-state index in [1.54, 1.807) is 77.7 Å². The summed E-state index contributed by atoms with van der Waals surface area (Å²) >= 11 is 0. The standard InChI is InChI=1S/C28H33FN3O4P/c1-19-15-21(10-12-24(19)29)26-23(9-8-14-30-26)20-11-13-25-22(16-20)17-31-32(25)18-34-37(33,35-27(2,3)4)36-28(5,6)7/h8-17H,18H2,1-7H3. The monoisotopic (exact) mass is 525 g/mol. The lowest BCUT2D eigenvalue weighted by Crippen LogP contribution is -2.25. The lowest BCUT2D eigenvalue weighted by Gasteiger charge is -2.30. The van der Waals surface area contributed by atoms with Crippen LogP contribution in [0.5, 0.6) is 0 Å². The summed E-state index contributed by atoms with van der Waals surface area (Å²) in [6, 6.07) is 14.8. The first-order chi connectivity index (χ1) is 17.2. The SMILES string of the molecule is Cc1cc(-c2ncccc2-c2ccc3c(cnn3COP(=O)(OC(C)(C)C)OC(C)(C)C)c2)ccc1F. The molecule has 0 atom stereocenters. The molecule has 4 rings (SSSR count). The Bertz CT molecular complexity index is 1450. The van der Waals surface area contributed by atoms with Gasteiger partial charge in [-0.3, -0.25) is 18.6 Å². The van der Waals surface area contributed by atoms with Crippen LogP contribution in [0.25, 0.3) is 33.3 Å². The number of benzene rings is 2. The molecule has 0 spiro atoms. The van der Waals surface area contributed by atoms with Crippen LogP contribution in [0.3, 0.4) is 0 Å². The topological polar surface area (TPSA) is 75.5 Å². The highest BCUT2D eigenvalue weighted by Crippen LogP contribution is 2.55. The van der Waals surface area contributed by atoms with Crippen molar-refractivity contribution in [2.75, 3.05) is 0 Å². The molecule has 4 aromatic rings. The average Bonchev–Trinajstić information content (AvgIpc) is 3.19. The number of pyridine rings is 1. The molecule has 0 aliphatic carbocycles. The van der Waals surface area contributed by atoms with E-state index < -0.39 is 19.0 Å². The van der Waals surface area contributed by atoms with E-state index in [2.05, 4.69) is 10.1 Å². The maximum atomic E-state index is 13.8. The highest BCUT2D eigenvalue weighted by molar-refractivity contribution is 7.48. The Morgan fingerprint density at radius 2 is 1.62 bits per heavy atom. The lowest BCUT2D eigenvalue weighted by molar-refractivity contribution is -0.00701. The predicted octanol–water partition coefficient (Wildman–Crippen LogP) is 7.93. The molecular formula is C28H33FN3O4P. The highest BCUT2D eigenvalue weighted by atomic mass is 31.2. The van der Waals surface area contributed by atoms with Gasteiger partial charge in [-0.15, -0.1) is 0 Å². The Balaban J connectivity index is 1.63. The van der Waals surface area contributed by atoms with Gasteiger partial charge in [-0.2, -0.15) is 5.10 Å². The second kappa shape index (κ2) is 10.1. The van der Waals surface area contributed by atoms with E-state index in [0.29, 0.717) is 5.56 Å². The van der Waals surface area contributed by atoms with Crippen LogP contribution in [-0.4, -0.2) is 26.0 Å². The van der Waals surface area contributed by atoms with Crippen LogP contribution in [0.2, 0.25) is 0 Å². The van der Waals surface area contributed by atoms with Gasteiger partial charge in [0, 0.05) is 22.7 Å². The Morgan fingerprint density at radius 1 is 0.946 bits per heavy atom. The molecule has 7 nitrogen and oxygen atoms in total. The van der Waals surface area contributed by atoms with E-state index in [-0.39, 0.29) is 12.5 Å². The van der Waals surface area contributed by atoms with Crippen LogP contribution in [0, 0.1) is 12.7 Å². The van der Waals surface area contributed by atoms with Gasteiger partial charge in [-0.1, -0.05) is 12.1 Å². The zero-order valence-corrected chi connectivity index (χ0v) is 23.2. The van der Waals surface area contributed by atoms with Crippen LogP contribution in [0.1, 0.15) is 47.1 Å². The van der Waals surface area contributed by atoms with Gasteiger partial charge in [0.05, 0.1) is 28.6 Å². The van der Waals surface area contributed by atoms with Crippen molar-refractivity contribution < 1.29 is 22.5 Å². The molecule has 0 saturated heterocycles. The molecule has 0 radical (unpaired) electrons. The Kier molecular flexibility index (Phi) is 7.41. The number of halogens is 1. The molecule has 196 valence electrons. The summed E-state index contributed by atoms with van der Waals surface area (Å²) in [4.78, 5) is 4.57. The van der Waals surface area contributed by atoms with Crippen molar-refractivity contribution in [2.45, 2.75) is 66.4 Å². The summed E-state index contributed by atoms with van der Waals surface area (Å²) in [5.74, 6) is -0.248. The normalized spacial score (nSPS) is 12.9. The molecule has 9 heteroatoms. The number of rotatable bonds is 7. The fraction of sp³-hybridized carbons (Fsp3) is 0.357. The van der Waals surface area contributed by atoms with Crippen LogP contribution in [0.15, 0.2) is 60.9 Å². The first kappa shape index (κ1) is 27.1. The van der Waals surface area contributed by atoms with Gasteiger partial charge >= 0.3 is 7.82 Å². The van der Waals surface area contributed by atoms with Gasteiger partial charge < -0.3 is 0 Å². The van der Waals surface area contributed by atoms with Crippen LogP contribution >= 0.6 is 7.82 Å². The first-order valence-electron chi connectivity index (χ1n) is 12.1. The van der Waals surface area contributed by atoms with Gasteiger partial charge in [0.1, 0.15) is 5.82 Å². The molecule has 0 N–H and O–H groups in total. The fourth-order valence-corrected chi connectivity index (χ4v) is 5.62. The summed E-state index contributed by atoms with van der Waals surface area (Å²) in [5, 5.41) is 5.30. The zero-order chi connectivity index (χ0) is 27.0. The van der Waals surface area contributed by atoms with Crippen molar-refractivity contribution in [1.29, 1.82) is 0 Å². The molecule has 0 saturated carbocycles. The number of hydrogen-bond acceptors (Lipinski definition) is 6. The minimum atomic E-state index is -3.88. The quantitative estimate of drug-likeness (QED) is 0.228. The molecule has 0 aliphatic rings. The number of nitrogens with zero attached hydrogens (tertiary/aromatic N) is 3. The van der Waals surface area contributed by atoms with Gasteiger partial charge in [0.15, 0.2) is 6.73 Å².